The first kappa shape index (κ1) is 13.8. The first-order chi connectivity index (χ1) is 7.82. The van der Waals surface area contributed by atoms with Crippen LogP contribution in [0.4, 0.5) is 5.69 Å². The second kappa shape index (κ2) is 5.37. The van der Waals surface area contributed by atoms with Gasteiger partial charge in [0, 0.05) is 22.3 Å². The summed E-state index contributed by atoms with van der Waals surface area (Å²) in [4.78, 5) is 21.3. The number of hydrogen-bond acceptors (Lipinski definition) is 4. The standard InChI is InChI=1S/C10H10ClNO4S/c1-5(2)17-9-7(10(13)14)3-6(12(15)16)4-8(9)11/h3-5H,1-2H3,(H,13,14). The van der Waals surface area contributed by atoms with Crippen molar-refractivity contribution in [3.8, 4) is 0 Å². The van der Waals surface area contributed by atoms with E-state index in [2.05, 4.69) is 0 Å². The molecule has 0 spiro atoms. The lowest BCUT2D eigenvalue weighted by molar-refractivity contribution is -0.384. The summed E-state index contributed by atoms with van der Waals surface area (Å²) in [6, 6.07) is 2.19. The van der Waals surface area contributed by atoms with Gasteiger partial charge in [-0.2, -0.15) is 0 Å². The molecule has 0 unspecified atom stereocenters. The van der Waals surface area contributed by atoms with Crippen LogP contribution in [0.2, 0.25) is 5.02 Å². The number of halogens is 1. The van der Waals surface area contributed by atoms with Crippen molar-refractivity contribution < 1.29 is 14.8 Å². The van der Waals surface area contributed by atoms with E-state index in [1.165, 1.54) is 17.8 Å². The molecule has 7 heteroatoms. The molecule has 0 amide bonds. The maximum atomic E-state index is 11.0. The molecule has 0 saturated carbocycles. The first-order valence-electron chi connectivity index (χ1n) is 4.70. The monoisotopic (exact) mass is 275 g/mol. The fraction of sp³-hybridized carbons (Fsp3) is 0.300. The lowest BCUT2D eigenvalue weighted by Crippen LogP contribution is -2.03. The number of rotatable bonds is 4. The van der Waals surface area contributed by atoms with E-state index in [4.69, 9.17) is 16.7 Å². The summed E-state index contributed by atoms with van der Waals surface area (Å²) in [6.07, 6.45) is 0. The van der Waals surface area contributed by atoms with Gasteiger partial charge < -0.3 is 5.11 Å². The number of nitrogens with zero attached hydrogens (tertiary/aromatic N) is 1. The third kappa shape index (κ3) is 3.34. The van der Waals surface area contributed by atoms with E-state index in [-0.39, 0.29) is 21.5 Å². The van der Waals surface area contributed by atoms with Crippen LogP contribution in [-0.4, -0.2) is 21.2 Å². The molecule has 0 aliphatic carbocycles. The van der Waals surface area contributed by atoms with Gasteiger partial charge in [0.2, 0.25) is 0 Å². The van der Waals surface area contributed by atoms with Crippen LogP contribution in [-0.2, 0) is 0 Å². The smallest absolute Gasteiger partial charge is 0.337 e. The van der Waals surface area contributed by atoms with Gasteiger partial charge in [0.15, 0.2) is 0 Å². The highest BCUT2D eigenvalue weighted by molar-refractivity contribution is 8.00. The average molecular weight is 276 g/mol. The quantitative estimate of drug-likeness (QED) is 0.517. The van der Waals surface area contributed by atoms with Crippen LogP contribution >= 0.6 is 23.4 Å². The molecule has 0 aliphatic heterocycles. The highest BCUT2D eigenvalue weighted by Gasteiger charge is 2.20. The highest BCUT2D eigenvalue weighted by Crippen LogP contribution is 2.36. The zero-order valence-corrected chi connectivity index (χ0v) is 10.7. The summed E-state index contributed by atoms with van der Waals surface area (Å²) in [5.74, 6) is -1.22. The van der Waals surface area contributed by atoms with Gasteiger partial charge in [-0.1, -0.05) is 25.4 Å². The molecule has 1 N–H and O–H groups in total. The number of nitro groups is 1. The summed E-state index contributed by atoms with van der Waals surface area (Å²) in [6.45, 7) is 3.77. The number of nitro benzene ring substituents is 1. The largest absolute Gasteiger partial charge is 0.478 e. The van der Waals surface area contributed by atoms with Gasteiger partial charge in [0.1, 0.15) is 0 Å². The number of thioether (sulfide) groups is 1. The Bertz CT molecular complexity index is 476. The van der Waals surface area contributed by atoms with E-state index in [0.717, 1.165) is 6.07 Å². The predicted molar refractivity (Wildman–Crippen MR) is 66.1 cm³/mol. The van der Waals surface area contributed by atoms with Crippen molar-refractivity contribution in [2.45, 2.75) is 24.0 Å². The third-order valence-electron chi connectivity index (χ3n) is 1.82. The molecule has 17 heavy (non-hydrogen) atoms. The fourth-order valence-corrected chi connectivity index (χ4v) is 2.46. The van der Waals surface area contributed by atoms with Crippen molar-refractivity contribution in [1.29, 1.82) is 0 Å². The number of aromatic carboxylic acids is 1. The van der Waals surface area contributed by atoms with Crippen LogP contribution in [0, 0.1) is 10.1 Å². The summed E-state index contributed by atoms with van der Waals surface area (Å²) in [5.41, 5.74) is -0.455. The zero-order chi connectivity index (χ0) is 13.2. The van der Waals surface area contributed by atoms with Crippen LogP contribution in [0.1, 0.15) is 24.2 Å². The molecule has 1 aromatic carbocycles. The number of benzene rings is 1. The Balaban J connectivity index is 3.38. The molecule has 1 rings (SSSR count). The SMILES string of the molecule is CC(C)Sc1c(Cl)cc([N+](=O)[O-])cc1C(=O)O. The lowest BCUT2D eigenvalue weighted by atomic mass is 10.2. The minimum Gasteiger partial charge on any atom is -0.478 e. The molecule has 1 aromatic rings. The Hall–Kier alpha value is -1.27. The summed E-state index contributed by atoms with van der Waals surface area (Å²) in [5, 5.41) is 19.8. The molecule has 0 radical (unpaired) electrons. The topological polar surface area (TPSA) is 80.4 Å². The van der Waals surface area contributed by atoms with Crippen LogP contribution in [0.25, 0.3) is 0 Å². The van der Waals surface area contributed by atoms with Gasteiger partial charge in [-0.05, 0) is 0 Å². The van der Waals surface area contributed by atoms with E-state index in [9.17, 15) is 14.9 Å². The Labute approximate surface area is 107 Å². The van der Waals surface area contributed by atoms with Crippen LogP contribution in [0.15, 0.2) is 17.0 Å². The number of hydrogen-bond donors (Lipinski definition) is 1. The fourth-order valence-electron chi connectivity index (χ4n) is 1.20. The third-order valence-corrected chi connectivity index (χ3v) is 3.38. The first-order valence-corrected chi connectivity index (χ1v) is 5.96. The molecule has 0 bridgehead atoms. The van der Waals surface area contributed by atoms with Gasteiger partial charge in [-0.15, -0.1) is 11.8 Å². The normalized spacial score (nSPS) is 10.6. The maximum Gasteiger partial charge on any atom is 0.337 e. The molecule has 0 saturated heterocycles. The van der Waals surface area contributed by atoms with Gasteiger partial charge in [-0.3, -0.25) is 10.1 Å². The van der Waals surface area contributed by atoms with E-state index in [1.54, 1.807) is 0 Å². The molecule has 0 aliphatic rings. The summed E-state index contributed by atoms with van der Waals surface area (Å²) in [7, 11) is 0. The Kier molecular flexibility index (Phi) is 4.36. The van der Waals surface area contributed by atoms with E-state index < -0.39 is 10.9 Å². The van der Waals surface area contributed by atoms with Gasteiger partial charge >= 0.3 is 5.97 Å². The minimum absolute atomic E-state index is 0.0929. The molecule has 0 heterocycles. The van der Waals surface area contributed by atoms with Gasteiger partial charge in [0.05, 0.1) is 15.5 Å². The number of non-ortho nitro benzene ring substituents is 1. The molecule has 5 nitrogen and oxygen atoms in total. The van der Waals surface area contributed by atoms with Crippen molar-refractivity contribution in [3.63, 3.8) is 0 Å². The minimum atomic E-state index is -1.22. The molecule has 0 fully saturated rings. The number of carboxylic acids is 1. The van der Waals surface area contributed by atoms with Crippen LogP contribution in [0.3, 0.4) is 0 Å². The predicted octanol–water partition coefficient (Wildman–Crippen LogP) is 3.45. The molecular weight excluding hydrogens is 266 g/mol. The Morgan fingerprint density at radius 3 is 2.53 bits per heavy atom. The van der Waals surface area contributed by atoms with E-state index in [0.29, 0.717) is 4.90 Å². The molecule has 0 aromatic heterocycles. The number of carbonyl (C=O) groups is 1. The second-order valence-corrected chi connectivity index (χ2v) is 5.53. The average Bonchev–Trinajstić information content (AvgIpc) is 2.19. The zero-order valence-electron chi connectivity index (χ0n) is 9.14. The van der Waals surface area contributed by atoms with E-state index >= 15 is 0 Å². The number of carboxylic acid groups (broad SMARTS) is 1. The Morgan fingerprint density at radius 1 is 1.53 bits per heavy atom. The van der Waals surface area contributed by atoms with Gasteiger partial charge in [0.25, 0.3) is 5.69 Å². The summed E-state index contributed by atoms with van der Waals surface area (Å²) >= 11 is 7.14. The van der Waals surface area contributed by atoms with E-state index in [1.807, 2.05) is 13.8 Å². The Morgan fingerprint density at radius 2 is 2.12 bits per heavy atom. The van der Waals surface area contributed by atoms with Gasteiger partial charge in [-0.25, -0.2) is 4.79 Å². The van der Waals surface area contributed by atoms with Crippen molar-refractivity contribution in [2.24, 2.45) is 0 Å². The maximum absolute atomic E-state index is 11.0. The van der Waals surface area contributed by atoms with Crippen molar-refractivity contribution in [3.05, 3.63) is 32.8 Å². The van der Waals surface area contributed by atoms with Crippen molar-refractivity contribution >= 4 is 35.0 Å². The second-order valence-electron chi connectivity index (χ2n) is 3.53. The van der Waals surface area contributed by atoms with Crippen LogP contribution < -0.4 is 0 Å². The lowest BCUT2D eigenvalue weighted by Gasteiger charge is -2.10. The van der Waals surface area contributed by atoms with Crippen LogP contribution in [0.5, 0.6) is 0 Å². The molecular formula is C10H10ClNO4S. The molecule has 92 valence electrons. The summed E-state index contributed by atoms with van der Waals surface area (Å²) < 4.78 is 0. The highest BCUT2D eigenvalue weighted by atomic mass is 35.5. The van der Waals surface area contributed by atoms with Crippen molar-refractivity contribution in [1.82, 2.24) is 0 Å². The van der Waals surface area contributed by atoms with Crippen molar-refractivity contribution in [2.75, 3.05) is 0 Å². The molecule has 0 atom stereocenters.